The van der Waals surface area contributed by atoms with E-state index in [1.807, 2.05) is 42.6 Å². The third kappa shape index (κ3) is 10.8. The summed E-state index contributed by atoms with van der Waals surface area (Å²) in [5.74, 6) is 0.0304. The Morgan fingerprint density at radius 3 is 2.31 bits per heavy atom. The monoisotopic (exact) mass is 618 g/mol. The highest BCUT2D eigenvalue weighted by Gasteiger charge is 2.18. The summed E-state index contributed by atoms with van der Waals surface area (Å²) in [5, 5.41) is 4.27. The molecule has 0 atom stereocenters. The van der Waals surface area contributed by atoms with Crippen molar-refractivity contribution in [1.29, 1.82) is 0 Å². The topological polar surface area (TPSA) is 153 Å². The third-order valence-electron chi connectivity index (χ3n) is 7.48. The Labute approximate surface area is 266 Å². The molecule has 0 saturated heterocycles. The second-order valence-electron chi connectivity index (χ2n) is 13.4. The molecule has 0 aliphatic rings. The highest BCUT2D eigenvalue weighted by atomic mass is 19.1. The van der Waals surface area contributed by atoms with Gasteiger partial charge in [0.1, 0.15) is 11.5 Å². The van der Waals surface area contributed by atoms with Crippen molar-refractivity contribution in [2.24, 2.45) is 22.2 Å². The van der Waals surface area contributed by atoms with Crippen LogP contribution in [-0.2, 0) is 23.8 Å². The number of nitrogens with one attached hydrogen (secondary N) is 2. The number of halogens is 1. The van der Waals surface area contributed by atoms with Crippen LogP contribution in [0.25, 0.3) is 16.7 Å². The molecule has 10 heteroatoms. The Hall–Kier alpha value is -4.02. The van der Waals surface area contributed by atoms with Crippen LogP contribution in [0.1, 0.15) is 83.2 Å². The van der Waals surface area contributed by atoms with E-state index in [2.05, 4.69) is 67.9 Å². The minimum Gasteiger partial charge on any atom is -0.370 e. The van der Waals surface area contributed by atoms with Crippen LogP contribution in [0.2, 0.25) is 0 Å². The van der Waals surface area contributed by atoms with Gasteiger partial charge in [0.15, 0.2) is 5.96 Å². The minimum absolute atomic E-state index is 0.0352. The molecule has 0 bridgehead atoms. The molecule has 0 unspecified atom stereocenters. The molecule has 0 aliphatic carbocycles. The summed E-state index contributed by atoms with van der Waals surface area (Å²) >= 11 is 0. The second-order valence-corrected chi connectivity index (χ2v) is 13.4. The average molecular weight is 619 g/mol. The molecule has 9 nitrogen and oxygen atoms in total. The molecule has 0 aliphatic heterocycles. The molecule has 45 heavy (non-hydrogen) atoms. The van der Waals surface area contributed by atoms with Gasteiger partial charge in [-0.05, 0) is 85.1 Å². The highest BCUT2D eigenvalue weighted by Crippen LogP contribution is 2.26. The standard InChI is InChI=1S/C21H29N7O.C14H22FN/c1-21(2,3)17-11-15-13-28(20(29)27-18(15)26-17)16-7-5-14(6-8-16)12-24-9-4-10-25-19(22)23;1-14(2,3)12-7-8-13(15)11(10-12)6-4-5-9-16/h5-8,11,13,24H,4,9-10,12H2,1-3H3,(H4,22,23,25)(H,26,27,29);7-8,10H,4-6,9,16H2,1-3H3. The molecule has 2 aromatic heterocycles. The lowest BCUT2D eigenvalue weighted by atomic mass is 9.85. The first-order chi connectivity index (χ1) is 21.2. The zero-order chi connectivity index (χ0) is 33.2. The maximum absolute atomic E-state index is 13.6. The van der Waals surface area contributed by atoms with Gasteiger partial charge in [-0.1, -0.05) is 65.8 Å². The van der Waals surface area contributed by atoms with Crippen LogP contribution in [0, 0.1) is 5.82 Å². The summed E-state index contributed by atoms with van der Waals surface area (Å²) in [6.07, 6.45) is 5.41. The van der Waals surface area contributed by atoms with E-state index < -0.39 is 0 Å². The van der Waals surface area contributed by atoms with Gasteiger partial charge >= 0.3 is 5.69 Å². The van der Waals surface area contributed by atoms with Crippen molar-refractivity contribution in [3.63, 3.8) is 0 Å². The van der Waals surface area contributed by atoms with Gasteiger partial charge in [0.25, 0.3) is 0 Å². The number of H-pyrrole nitrogens is 1. The Balaban J connectivity index is 0.000000292. The van der Waals surface area contributed by atoms with Gasteiger partial charge in [-0.15, -0.1) is 0 Å². The average Bonchev–Trinajstić information content (AvgIpc) is 3.39. The van der Waals surface area contributed by atoms with Crippen LogP contribution in [-0.4, -0.2) is 40.1 Å². The number of nitrogens with two attached hydrogens (primary N) is 3. The van der Waals surface area contributed by atoms with Gasteiger partial charge in [-0.3, -0.25) is 9.56 Å². The summed E-state index contributed by atoms with van der Waals surface area (Å²) in [5.41, 5.74) is 21.4. The summed E-state index contributed by atoms with van der Waals surface area (Å²) in [7, 11) is 0. The quantitative estimate of drug-likeness (QED) is 0.0888. The molecule has 4 rings (SSSR count). The van der Waals surface area contributed by atoms with E-state index in [1.165, 1.54) is 5.56 Å². The number of aromatic nitrogens is 3. The van der Waals surface area contributed by atoms with E-state index in [-0.39, 0.29) is 28.3 Å². The van der Waals surface area contributed by atoms with Crippen molar-refractivity contribution < 1.29 is 4.39 Å². The zero-order valence-electron chi connectivity index (χ0n) is 27.7. The molecule has 0 spiro atoms. The van der Waals surface area contributed by atoms with E-state index >= 15 is 0 Å². The van der Waals surface area contributed by atoms with Gasteiger partial charge in [0.2, 0.25) is 0 Å². The summed E-state index contributed by atoms with van der Waals surface area (Å²) in [6, 6.07) is 15.4. The van der Waals surface area contributed by atoms with Crippen LogP contribution < -0.4 is 28.2 Å². The fourth-order valence-corrected chi connectivity index (χ4v) is 4.70. The van der Waals surface area contributed by atoms with Crippen molar-refractivity contribution >= 4 is 17.0 Å². The third-order valence-corrected chi connectivity index (χ3v) is 7.48. The van der Waals surface area contributed by atoms with Gasteiger partial charge < -0.3 is 27.5 Å². The largest absolute Gasteiger partial charge is 0.370 e. The fourth-order valence-electron chi connectivity index (χ4n) is 4.70. The molecule has 0 saturated carbocycles. The van der Waals surface area contributed by atoms with E-state index in [0.29, 0.717) is 18.7 Å². The van der Waals surface area contributed by atoms with E-state index in [9.17, 15) is 9.18 Å². The molecule has 2 heterocycles. The lowest BCUT2D eigenvalue weighted by molar-refractivity contribution is 0.572. The van der Waals surface area contributed by atoms with Gasteiger partial charge in [0, 0.05) is 35.8 Å². The van der Waals surface area contributed by atoms with Crippen molar-refractivity contribution in [2.75, 3.05) is 19.6 Å². The molecular formula is C35H51FN8O. The number of hydrogen-bond acceptors (Lipinski definition) is 5. The van der Waals surface area contributed by atoms with Crippen molar-refractivity contribution in [3.05, 3.63) is 93.4 Å². The number of unbranched alkanes of at least 4 members (excludes halogenated alkanes) is 1. The van der Waals surface area contributed by atoms with Crippen molar-refractivity contribution in [3.8, 4) is 5.69 Å². The number of aryl methyl sites for hydroxylation is 1. The Morgan fingerprint density at radius 1 is 0.978 bits per heavy atom. The Kier molecular flexibility index (Phi) is 12.5. The summed E-state index contributed by atoms with van der Waals surface area (Å²) in [4.78, 5) is 23.9. The smallest absolute Gasteiger partial charge is 0.354 e. The van der Waals surface area contributed by atoms with E-state index in [4.69, 9.17) is 17.2 Å². The first-order valence-corrected chi connectivity index (χ1v) is 15.7. The minimum atomic E-state index is -0.301. The number of aromatic amines is 1. The molecular weight excluding hydrogens is 567 g/mol. The van der Waals surface area contributed by atoms with Crippen LogP contribution in [0.4, 0.5) is 4.39 Å². The van der Waals surface area contributed by atoms with Crippen molar-refractivity contribution in [1.82, 2.24) is 19.9 Å². The predicted molar refractivity (Wildman–Crippen MR) is 184 cm³/mol. The zero-order valence-corrected chi connectivity index (χ0v) is 27.7. The van der Waals surface area contributed by atoms with Gasteiger partial charge in [-0.2, -0.15) is 4.98 Å². The molecule has 0 fully saturated rings. The number of fused-ring (bicyclic) bond motifs is 1. The lowest BCUT2D eigenvalue weighted by Crippen LogP contribution is -2.23. The highest BCUT2D eigenvalue weighted by molar-refractivity contribution is 5.76. The molecule has 2 aromatic carbocycles. The van der Waals surface area contributed by atoms with Gasteiger partial charge in [0.05, 0.1) is 5.69 Å². The SMILES string of the molecule is CC(C)(C)c1cc2cn(-c3ccc(CNCCCN=C(N)N)cc3)c(=O)nc2[nH]1.CC(C)(C)c1ccc(F)c(CCCCN)c1. The fraction of sp³-hybridized carbons (Fsp3) is 0.457. The molecule has 0 radical (unpaired) electrons. The number of guanidine groups is 1. The number of rotatable bonds is 11. The van der Waals surface area contributed by atoms with Gasteiger partial charge in [-0.25, -0.2) is 9.18 Å². The van der Waals surface area contributed by atoms with Crippen LogP contribution in [0.5, 0.6) is 0 Å². The molecule has 0 amide bonds. The number of aliphatic imine (C=N–C) groups is 1. The summed E-state index contributed by atoms with van der Waals surface area (Å²) in [6.45, 7) is 15.6. The maximum atomic E-state index is 13.6. The van der Waals surface area contributed by atoms with Crippen molar-refractivity contribution in [2.45, 2.75) is 84.6 Å². The van der Waals surface area contributed by atoms with Crippen LogP contribution >= 0.6 is 0 Å². The number of benzene rings is 2. The maximum Gasteiger partial charge on any atom is 0.354 e. The number of hydrogen-bond donors (Lipinski definition) is 5. The Morgan fingerprint density at radius 2 is 1.69 bits per heavy atom. The van der Waals surface area contributed by atoms with Crippen LogP contribution in [0.3, 0.4) is 0 Å². The van der Waals surface area contributed by atoms with E-state index in [0.717, 1.165) is 66.7 Å². The first kappa shape index (κ1) is 35.5. The molecule has 4 aromatic rings. The number of nitrogens with zero attached hydrogens (tertiary/aromatic N) is 3. The predicted octanol–water partition coefficient (Wildman–Crippen LogP) is 5.17. The normalized spacial score (nSPS) is 11.7. The second kappa shape index (κ2) is 15.8. The lowest BCUT2D eigenvalue weighted by Gasteiger charge is -2.20. The first-order valence-electron chi connectivity index (χ1n) is 15.7. The van der Waals surface area contributed by atoms with E-state index in [1.54, 1.807) is 10.6 Å². The van der Waals surface area contributed by atoms with Crippen LogP contribution in [0.15, 0.2) is 64.5 Å². The summed E-state index contributed by atoms with van der Waals surface area (Å²) < 4.78 is 15.1. The molecule has 8 N–H and O–H groups in total. The Bertz CT molecular complexity index is 1600. The molecule has 244 valence electrons.